The molecular weight excluding hydrogens is 314 g/mol. The maximum Gasteiger partial charge on any atom is 0.244 e. The highest BCUT2D eigenvalue weighted by Gasteiger charge is 2.28. The number of anilines is 1. The standard InChI is InChI=1S/C19H27N5O/c1-14-10-18-15(11-17(14)20)12-24(21-18)13-19(25)23-8-4-16(5-9-23)22-6-2-3-7-22/h10-12,16H,2-9,13,20H2,1H3. The Hall–Kier alpha value is -2.08. The minimum Gasteiger partial charge on any atom is -0.398 e. The Morgan fingerprint density at radius 2 is 1.92 bits per heavy atom. The first-order chi connectivity index (χ1) is 12.1. The van der Waals surface area contributed by atoms with Crippen LogP contribution in [0.4, 0.5) is 5.69 Å². The predicted molar refractivity (Wildman–Crippen MR) is 99.3 cm³/mol. The van der Waals surface area contributed by atoms with E-state index >= 15 is 0 Å². The Balaban J connectivity index is 1.37. The summed E-state index contributed by atoms with van der Waals surface area (Å²) in [4.78, 5) is 17.2. The smallest absolute Gasteiger partial charge is 0.244 e. The number of nitrogen functional groups attached to an aromatic ring is 1. The van der Waals surface area contributed by atoms with Gasteiger partial charge in [0.25, 0.3) is 0 Å². The van der Waals surface area contributed by atoms with E-state index in [1.165, 1.54) is 25.9 Å². The third-order valence-electron chi connectivity index (χ3n) is 5.71. The molecule has 6 heteroatoms. The molecule has 134 valence electrons. The van der Waals surface area contributed by atoms with E-state index in [0.29, 0.717) is 12.6 Å². The van der Waals surface area contributed by atoms with E-state index in [0.717, 1.165) is 48.1 Å². The number of aromatic nitrogens is 2. The van der Waals surface area contributed by atoms with Gasteiger partial charge in [0.15, 0.2) is 0 Å². The number of fused-ring (bicyclic) bond motifs is 1. The van der Waals surface area contributed by atoms with Gasteiger partial charge in [-0.25, -0.2) is 0 Å². The van der Waals surface area contributed by atoms with Crippen molar-refractivity contribution in [2.75, 3.05) is 31.9 Å². The van der Waals surface area contributed by atoms with Crippen molar-refractivity contribution in [3.63, 3.8) is 0 Å². The number of likely N-dealkylation sites (tertiary alicyclic amines) is 2. The van der Waals surface area contributed by atoms with E-state index in [-0.39, 0.29) is 5.91 Å². The first kappa shape index (κ1) is 16.4. The Bertz CT molecular complexity index is 730. The molecule has 4 rings (SSSR count). The summed E-state index contributed by atoms with van der Waals surface area (Å²) in [6.07, 6.45) is 6.77. The van der Waals surface area contributed by atoms with Crippen molar-refractivity contribution in [3.8, 4) is 0 Å². The number of benzene rings is 1. The van der Waals surface area contributed by atoms with Gasteiger partial charge in [0, 0.05) is 36.4 Å². The normalized spacial score (nSPS) is 19.8. The molecule has 6 nitrogen and oxygen atoms in total. The molecule has 0 bridgehead atoms. The Morgan fingerprint density at radius 1 is 1.20 bits per heavy atom. The summed E-state index contributed by atoms with van der Waals surface area (Å²) in [7, 11) is 0. The summed E-state index contributed by atoms with van der Waals surface area (Å²) in [5, 5.41) is 5.52. The highest BCUT2D eigenvalue weighted by molar-refractivity contribution is 5.84. The molecule has 0 unspecified atom stereocenters. The van der Waals surface area contributed by atoms with Gasteiger partial charge in [-0.2, -0.15) is 5.10 Å². The van der Waals surface area contributed by atoms with E-state index in [9.17, 15) is 4.79 Å². The van der Waals surface area contributed by atoms with Crippen LogP contribution in [0.25, 0.3) is 10.9 Å². The number of hydrogen-bond donors (Lipinski definition) is 1. The van der Waals surface area contributed by atoms with Crippen LogP contribution in [0.3, 0.4) is 0 Å². The van der Waals surface area contributed by atoms with E-state index in [2.05, 4.69) is 10.00 Å². The molecule has 2 saturated heterocycles. The second kappa shape index (κ2) is 6.67. The van der Waals surface area contributed by atoms with Gasteiger partial charge in [-0.05, 0) is 63.4 Å². The number of nitrogens with zero attached hydrogens (tertiary/aromatic N) is 4. The van der Waals surface area contributed by atoms with E-state index in [4.69, 9.17) is 5.73 Å². The molecule has 3 heterocycles. The number of aryl methyl sites for hydroxylation is 1. The van der Waals surface area contributed by atoms with Crippen LogP contribution < -0.4 is 5.73 Å². The molecule has 2 aliphatic rings. The van der Waals surface area contributed by atoms with Gasteiger partial charge in [-0.3, -0.25) is 9.48 Å². The zero-order valence-electron chi connectivity index (χ0n) is 14.9. The number of carbonyl (C=O) groups is 1. The van der Waals surface area contributed by atoms with Crippen molar-refractivity contribution in [3.05, 3.63) is 23.9 Å². The number of piperidine rings is 1. The number of amides is 1. The maximum absolute atomic E-state index is 12.6. The average molecular weight is 341 g/mol. The van der Waals surface area contributed by atoms with Crippen LogP contribution in [0.15, 0.2) is 18.3 Å². The molecule has 2 N–H and O–H groups in total. The molecular formula is C19H27N5O. The van der Waals surface area contributed by atoms with Gasteiger partial charge in [0.1, 0.15) is 6.54 Å². The van der Waals surface area contributed by atoms with Crippen LogP contribution in [0.2, 0.25) is 0 Å². The van der Waals surface area contributed by atoms with Gasteiger partial charge in [0.05, 0.1) is 5.52 Å². The highest BCUT2D eigenvalue weighted by atomic mass is 16.2. The molecule has 1 aromatic carbocycles. The van der Waals surface area contributed by atoms with Crippen LogP contribution >= 0.6 is 0 Å². The topological polar surface area (TPSA) is 67.4 Å². The van der Waals surface area contributed by atoms with E-state index < -0.39 is 0 Å². The summed E-state index contributed by atoms with van der Waals surface area (Å²) in [6, 6.07) is 4.58. The SMILES string of the molecule is Cc1cc2nn(CC(=O)N3CCC(N4CCCC4)CC3)cc2cc1N. The molecule has 0 saturated carbocycles. The third-order valence-corrected chi connectivity index (χ3v) is 5.71. The van der Waals surface area contributed by atoms with Crippen molar-refractivity contribution < 1.29 is 4.79 Å². The van der Waals surface area contributed by atoms with Crippen LogP contribution in [0.5, 0.6) is 0 Å². The largest absolute Gasteiger partial charge is 0.398 e. The van der Waals surface area contributed by atoms with Crippen molar-refractivity contribution >= 4 is 22.5 Å². The molecule has 2 aromatic rings. The van der Waals surface area contributed by atoms with E-state index in [1.54, 1.807) is 4.68 Å². The lowest BCUT2D eigenvalue weighted by atomic mass is 10.0. The first-order valence-corrected chi connectivity index (χ1v) is 9.35. The Kier molecular flexibility index (Phi) is 4.37. The monoisotopic (exact) mass is 341 g/mol. The van der Waals surface area contributed by atoms with Crippen molar-refractivity contribution in [2.45, 2.75) is 45.2 Å². The summed E-state index contributed by atoms with van der Waals surface area (Å²) in [5.41, 5.74) is 8.64. The molecule has 0 aliphatic carbocycles. The van der Waals surface area contributed by atoms with Crippen molar-refractivity contribution in [1.29, 1.82) is 0 Å². The van der Waals surface area contributed by atoms with Crippen LogP contribution in [0, 0.1) is 6.92 Å². The zero-order chi connectivity index (χ0) is 17.4. The quantitative estimate of drug-likeness (QED) is 0.867. The number of carbonyl (C=O) groups excluding carboxylic acids is 1. The summed E-state index contributed by atoms with van der Waals surface area (Å²) in [6.45, 7) is 6.49. The lowest BCUT2D eigenvalue weighted by molar-refractivity contribution is -0.133. The van der Waals surface area contributed by atoms with Crippen LogP contribution in [-0.4, -0.2) is 57.7 Å². The van der Waals surface area contributed by atoms with Gasteiger partial charge in [-0.15, -0.1) is 0 Å². The number of nitrogens with two attached hydrogens (primary N) is 1. The number of rotatable bonds is 3. The second-order valence-corrected chi connectivity index (χ2v) is 7.45. The molecule has 2 fully saturated rings. The number of hydrogen-bond acceptors (Lipinski definition) is 4. The molecule has 1 amide bonds. The van der Waals surface area contributed by atoms with Crippen molar-refractivity contribution in [1.82, 2.24) is 19.6 Å². The maximum atomic E-state index is 12.6. The summed E-state index contributed by atoms with van der Waals surface area (Å²) < 4.78 is 1.75. The molecule has 0 radical (unpaired) electrons. The third kappa shape index (κ3) is 3.35. The molecule has 0 atom stereocenters. The summed E-state index contributed by atoms with van der Waals surface area (Å²) in [5.74, 6) is 0.164. The van der Waals surface area contributed by atoms with Gasteiger partial charge in [-0.1, -0.05) is 0 Å². The fourth-order valence-corrected chi connectivity index (χ4v) is 4.15. The molecule has 25 heavy (non-hydrogen) atoms. The molecule has 2 aliphatic heterocycles. The summed E-state index contributed by atoms with van der Waals surface area (Å²) >= 11 is 0. The minimum absolute atomic E-state index is 0.164. The van der Waals surface area contributed by atoms with Crippen molar-refractivity contribution in [2.24, 2.45) is 0 Å². The lowest BCUT2D eigenvalue weighted by Crippen LogP contribution is -2.46. The Morgan fingerprint density at radius 3 is 2.64 bits per heavy atom. The fraction of sp³-hybridized carbons (Fsp3) is 0.579. The van der Waals surface area contributed by atoms with Crippen LogP contribution in [0.1, 0.15) is 31.2 Å². The Labute approximate surface area is 148 Å². The lowest BCUT2D eigenvalue weighted by Gasteiger charge is -2.36. The fourth-order valence-electron chi connectivity index (χ4n) is 4.15. The molecule has 1 aromatic heterocycles. The predicted octanol–water partition coefficient (Wildman–Crippen LogP) is 2.01. The van der Waals surface area contributed by atoms with E-state index in [1.807, 2.05) is 30.2 Å². The zero-order valence-corrected chi connectivity index (χ0v) is 14.9. The van der Waals surface area contributed by atoms with Gasteiger partial charge in [0.2, 0.25) is 5.91 Å². The van der Waals surface area contributed by atoms with Gasteiger partial charge < -0.3 is 15.5 Å². The average Bonchev–Trinajstić information content (AvgIpc) is 3.25. The second-order valence-electron chi connectivity index (χ2n) is 7.45. The minimum atomic E-state index is 0.164. The highest BCUT2D eigenvalue weighted by Crippen LogP contribution is 2.22. The van der Waals surface area contributed by atoms with Gasteiger partial charge >= 0.3 is 0 Å². The van der Waals surface area contributed by atoms with Crippen LogP contribution in [-0.2, 0) is 11.3 Å². The molecule has 0 spiro atoms. The first-order valence-electron chi connectivity index (χ1n) is 9.35.